The van der Waals surface area contributed by atoms with E-state index >= 15 is 0 Å². The summed E-state index contributed by atoms with van der Waals surface area (Å²) in [4.78, 5) is 4.31. The molecule has 0 amide bonds. The van der Waals surface area contributed by atoms with Crippen LogP contribution in [0.25, 0.3) is 10.9 Å². The van der Waals surface area contributed by atoms with E-state index in [1.165, 1.54) is 0 Å². The van der Waals surface area contributed by atoms with Gasteiger partial charge in [-0.05, 0) is 30.7 Å². The molecule has 0 aliphatic heterocycles. The van der Waals surface area contributed by atoms with Gasteiger partial charge >= 0.3 is 0 Å². The first kappa shape index (κ1) is 9.93. The van der Waals surface area contributed by atoms with Crippen molar-refractivity contribution in [1.29, 1.82) is 0 Å². The molecule has 0 bridgehead atoms. The molecule has 0 atom stereocenters. The topological polar surface area (TPSA) is 38.9 Å². The van der Waals surface area contributed by atoms with Crippen molar-refractivity contribution in [2.75, 3.05) is 5.73 Å². The Kier molecular flexibility index (Phi) is 2.49. The van der Waals surface area contributed by atoms with Gasteiger partial charge in [-0.2, -0.15) is 0 Å². The second kappa shape index (κ2) is 3.51. The minimum Gasteiger partial charge on any atom is -0.383 e. The zero-order valence-corrected chi connectivity index (χ0v) is 10.7. The van der Waals surface area contributed by atoms with E-state index in [0.717, 1.165) is 25.4 Å². The molecule has 4 heteroatoms. The molecule has 14 heavy (non-hydrogen) atoms. The molecule has 72 valence electrons. The van der Waals surface area contributed by atoms with Crippen LogP contribution >= 0.6 is 31.9 Å². The Labute approximate surface area is 98.8 Å². The van der Waals surface area contributed by atoms with E-state index < -0.39 is 0 Å². The molecule has 0 radical (unpaired) electrons. The lowest BCUT2D eigenvalue weighted by molar-refractivity contribution is 1.34. The molecule has 1 heterocycles. The van der Waals surface area contributed by atoms with Crippen molar-refractivity contribution in [1.82, 2.24) is 4.98 Å². The summed E-state index contributed by atoms with van der Waals surface area (Å²) in [6, 6.07) is 5.99. The number of nitrogens with zero attached hydrogens (tertiary/aromatic N) is 1. The fourth-order valence-corrected chi connectivity index (χ4v) is 2.63. The monoisotopic (exact) mass is 314 g/mol. The molecule has 2 nitrogen and oxygen atoms in total. The van der Waals surface area contributed by atoms with Crippen LogP contribution in [-0.2, 0) is 0 Å². The van der Waals surface area contributed by atoms with Gasteiger partial charge in [0.2, 0.25) is 0 Å². The number of nitrogen functional groups attached to an aromatic ring is 1. The maximum Gasteiger partial charge on any atom is 0.127 e. The number of pyridine rings is 1. The Balaban J connectivity index is 2.89. The van der Waals surface area contributed by atoms with Gasteiger partial charge < -0.3 is 5.73 Å². The third kappa shape index (κ3) is 1.64. The van der Waals surface area contributed by atoms with Crippen LogP contribution in [0.15, 0.2) is 27.1 Å². The predicted octanol–water partition coefficient (Wildman–Crippen LogP) is 3.65. The number of hydrogen-bond acceptors (Lipinski definition) is 2. The second-order valence-corrected chi connectivity index (χ2v) is 4.91. The van der Waals surface area contributed by atoms with E-state index in [1.54, 1.807) is 0 Å². The summed E-state index contributed by atoms with van der Waals surface area (Å²) in [6.45, 7) is 1.95. The zero-order chi connectivity index (χ0) is 10.3. The Hall–Kier alpha value is -0.610. The molecular weight excluding hydrogens is 308 g/mol. The molecule has 0 spiro atoms. The average Bonchev–Trinajstić information content (AvgIpc) is 2.08. The summed E-state index contributed by atoms with van der Waals surface area (Å²) >= 11 is 6.91. The van der Waals surface area contributed by atoms with Crippen LogP contribution in [0, 0.1) is 6.92 Å². The van der Waals surface area contributed by atoms with Gasteiger partial charge in [-0.3, -0.25) is 0 Å². The van der Waals surface area contributed by atoms with Crippen molar-refractivity contribution >= 4 is 48.6 Å². The van der Waals surface area contributed by atoms with Crippen LogP contribution in [0.3, 0.4) is 0 Å². The van der Waals surface area contributed by atoms with E-state index in [-0.39, 0.29) is 0 Å². The van der Waals surface area contributed by atoms with Crippen molar-refractivity contribution in [3.8, 4) is 0 Å². The largest absolute Gasteiger partial charge is 0.383 e. The van der Waals surface area contributed by atoms with Crippen LogP contribution in [0.1, 0.15) is 5.56 Å². The smallest absolute Gasteiger partial charge is 0.127 e. The lowest BCUT2D eigenvalue weighted by Crippen LogP contribution is -1.94. The first-order valence-electron chi connectivity index (χ1n) is 4.10. The highest BCUT2D eigenvalue weighted by atomic mass is 79.9. The maximum atomic E-state index is 5.74. The number of anilines is 1. The number of halogens is 2. The molecule has 0 saturated heterocycles. The fourth-order valence-electron chi connectivity index (χ4n) is 1.31. The molecule has 0 aliphatic rings. The van der Waals surface area contributed by atoms with Crippen molar-refractivity contribution in [2.24, 2.45) is 0 Å². The molecule has 0 saturated carbocycles. The van der Waals surface area contributed by atoms with E-state index in [1.807, 2.05) is 25.1 Å². The van der Waals surface area contributed by atoms with Crippen LogP contribution in [0.5, 0.6) is 0 Å². The Bertz CT molecular complexity index is 509. The molecule has 1 aromatic carbocycles. The van der Waals surface area contributed by atoms with Gasteiger partial charge in [-0.25, -0.2) is 4.98 Å². The quantitative estimate of drug-likeness (QED) is 0.806. The van der Waals surface area contributed by atoms with Gasteiger partial charge in [0, 0.05) is 14.3 Å². The highest BCUT2D eigenvalue weighted by molar-refractivity contribution is 9.11. The standard InChI is InChI=1S/C10H8Br2N2/c1-5-2-7-8(12)3-6(11)4-9(7)14-10(5)13/h2-4H,1H3,(H2,13,14). The Morgan fingerprint density at radius 1 is 1.21 bits per heavy atom. The fraction of sp³-hybridized carbons (Fsp3) is 0.100. The average molecular weight is 316 g/mol. The summed E-state index contributed by atoms with van der Waals surface area (Å²) in [7, 11) is 0. The lowest BCUT2D eigenvalue weighted by Gasteiger charge is -2.05. The normalized spacial score (nSPS) is 10.8. The van der Waals surface area contributed by atoms with Crippen molar-refractivity contribution in [3.63, 3.8) is 0 Å². The summed E-state index contributed by atoms with van der Waals surface area (Å²) in [5.74, 6) is 0.586. The summed E-state index contributed by atoms with van der Waals surface area (Å²) in [5.41, 5.74) is 7.64. The number of aromatic nitrogens is 1. The van der Waals surface area contributed by atoms with E-state index in [4.69, 9.17) is 5.73 Å². The van der Waals surface area contributed by atoms with Crippen LogP contribution in [0.4, 0.5) is 5.82 Å². The van der Waals surface area contributed by atoms with Crippen molar-refractivity contribution in [2.45, 2.75) is 6.92 Å². The minimum absolute atomic E-state index is 0.586. The predicted molar refractivity (Wildman–Crippen MR) is 66.3 cm³/mol. The molecule has 0 unspecified atom stereocenters. The SMILES string of the molecule is Cc1cc2c(Br)cc(Br)cc2nc1N. The number of hydrogen-bond donors (Lipinski definition) is 1. The number of benzene rings is 1. The first-order chi connectivity index (χ1) is 6.58. The lowest BCUT2D eigenvalue weighted by atomic mass is 10.1. The Morgan fingerprint density at radius 3 is 2.64 bits per heavy atom. The van der Waals surface area contributed by atoms with Gasteiger partial charge in [-0.1, -0.05) is 31.9 Å². The minimum atomic E-state index is 0.586. The Morgan fingerprint density at radius 2 is 1.93 bits per heavy atom. The van der Waals surface area contributed by atoms with E-state index in [2.05, 4.69) is 36.8 Å². The second-order valence-electron chi connectivity index (χ2n) is 3.14. The van der Waals surface area contributed by atoms with Crippen molar-refractivity contribution < 1.29 is 0 Å². The van der Waals surface area contributed by atoms with Crippen LogP contribution in [-0.4, -0.2) is 4.98 Å². The van der Waals surface area contributed by atoms with Gasteiger partial charge in [0.1, 0.15) is 5.82 Å². The van der Waals surface area contributed by atoms with E-state index in [9.17, 15) is 0 Å². The zero-order valence-electron chi connectivity index (χ0n) is 7.51. The first-order valence-corrected chi connectivity index (χ1v) is 5.68. The van der Waals surface area contributed by atoms with Gasteiger partial charge in [0.25, 0.3) is 0 Å². The maximum absolute atomic E-state index is 5.74. The molecular formula is C10H8Br2N2. The molecule has 0 aliphatic carbocycles. The third-order valence-electron chi connectivity index (χ3n) is 2.08. The summed E-state index contributed by atoms with van der Waals surface area (Å²) in [6.07, 6.45) is 0. The number of rotatable bonds is 0. The van der Waals surface area contributed by atoms with Crippen LogP contribution < -0.4 is 5.73 Å². The van der Waals surface area contributed by atoms with Crippen LogP contribution in [0.2, 0.25) is 0 Å². The highest BCUT2D eigenvalue weighted by Crippen LogP contribution is 2.29. The van der Waals surface area contributed by atoms with Crippen molar-refractivity contribution in [3.05, 3.63) is 32.7 Å². The third-order valence-corrected chi connectivity index (χ3v) is 3.19. The molecule has 0 fully saturated rings. The molecule has 2 rings (SSSR count). The number of fused-ring (bicyclic) bond motifs is 1. The van der Waals surface area contributed by atoms with E-state index in [0.29, 0.717) is 5.82 Å². The summed E-state index contributed by atoms with van der Waals surface area (Å²) < 4.78 is 2.02. The molecule has 2 N–H and O–H groups in total. The van der Waals surface area contributed by atoms with Gasteiger partial charge in [0.15, 0.2) is 0 Å². The number of aryl methyl sites for hydroxylation is 1. The van der Waals surface area contributed by atoms with Gasteiger partial charge in [-0.15, -0.1) is 0 Å². The highest BCUT2D eigenvalue weighted by Gasteiger charge is 2.04. The molecule has 2 aromatic rings. The summed E-state index contributed by atoms with van der Waals surface area (Å²) in [5, 5.41) is 1.08. The molecule has 1 aromatic heterocycles. The number of nitrogens with two attached hydrogens (primary N) is 1. The van der Waals surface area contributed by atoms with Gasteiger partial charge in [0.05, 0.1) is 5.52 Å².